The smallest absolute Gasteiger partial charge is 0.243 e. The highest BCUT2D eigenvalue weighted by atomic mass is 16.5. The molecule has 1 fully saturated rings. The molecule has 2 aromatic carbocycles. The summed E-state index contributed by atoms with van der Waals surface area (Å²) in [5.74, 6) is -0.154. The van der Waals surface area contributed by atoms with Gasteiger partial charge in [0.2, 0.25) is 11.8 Å². The molecule has 2 N–H and O–H groups in total. The van der Waals surface area contributed by atoms with Crippen molar-refractivity contribution in [3.8, 4) is 0 Å². The van der Waals surface area contributed by atoms with Crippen LogP contribution in [-0.2, 0) is 14.3 Å². The summed E-state index contributed by atoms with van der Waals surface area (Å²) in [5.41, 5.74) is 2.38. The highest BCUT2D eigenvalue weighted by Gasteiger charge is 2.14. The van der Waals surface area contributed by atoms with Gasteiger partial charge in [-0.1, -0.05) is 18.2 Å². The number of nitrogens with one attached hydrogen (secondary N) is 2. The Kier molecular flexibility index (Phi) is 7.00. The van der Waals surface area contributed by atoms with Crippen molar-refractivity contribution in [1.29, 1.82) is 0 Å². The maximum atomic E-state index is 12.2. The summed E-state index contributed by atoms with van der Waals surface area (Å²) in [6, 6.07) is 16.9. The van der Waals surface area contributed by atoms with Crippen LogP contribution in [0.15, 0.2) is 54.6 Å². The van der Waals surface area contributed by atoms with Gasteiger partial charge in [-0.3, -0.25) is 14.5 Å². The third-order valence-corrected chi connectivity index (χ3v) is 4.50. The Balaban J connectivity index is 1.45. The number of hydrogen-bond donors (Lipinski definition) is 2. The number of carbonyl (C=O) groups is 2. The number of carbonyl (C=O) groups excluding carboxylic acids is 2. The first kappa shape index (κ1) is 19.9. The number of morpholine rings is 1. The van der Waals surface area contributed by atoms with E-state index < -0.39 is 0 Å². The van der Waals surface area contributed by atoms with Crippen LogP contribution in [0.2, 0.25) is 0 Å². The zero-order chi connectivity index (χ0) is 19.8. The number of hydrogen-bond acceptors (Lipinski definition) is 5. The zero-order valence-electron chi connectivity index (χ0n) is 16.1. The molecule has 7 nitrogen and oxygen atoms in total. The maximum Gasteiger partial charge on any atom is 0.243 e. The summed E-state index contributed by atoms with van der Waals surface area (Å²) < 4.78 is 5.28. The monoisotopic (exact) mass is 382 g/mol. The molecule has 0 radical (unpaired) electrons. The molecular formula is C21H26N4O3. The second-order valence-corrected chi connectivity index (χ2v) is 6.75. The normalized spacial score (nSPS) is 14.3. The fourth-order valence-corrected chi connectivity index (χ4v) is 2.99. The topological polar surface area (TPSA) is 73.9 Å². The highest BCUT2D eigenvalue weighted by molar-refractivity contribution is 5.95. The Morgan fingerprint density at radius 3 is 2.11 bits per heavy atom. The molecule has 0 aromatic heterocycles. The molecule has 0 aliphatic carbocycles. The molecule has 28 heavy (non-hydrogen) atoms. The van der Waals surface area contributed by atoms with E-state index in [1.165, 1.54) is 0 Å². The molecule has 7 heteroatoms. The van der Waals surface area contributed by atoms with Gasteiger partial charge in [0, 0.05) is 37.2 Å². The first-order chi connectivity index (χ1) is 13.6. The van der Waals surface area contributed by atoms with Gasteiger partial charge in [-0.25, -0.2) is 0 Å². The van der Waals surface area contributed by atoms with Gasteiger partial charge in [0.1, 0.15) is 0 Å². The van der Waals surface area contributed by atoms with Crippen molar-refractivity contribution in [1.82, 2.24) is 4.90 Å². The average Bonchev–Trinajstić information content (AvgIpc) is 2.71. The molecule has 0 bridgehead atoms. The third kappa shape index (κ3) is 6.07. The minimum atomic E-state index is -0.101. The molecular weight excluding hydrogens is 356 g/mol. The van der Waals surface area contributed by atoms with Crippen LogP contribution >= 0.6 is 0 Å². The second-order valence-electron chi connectivity index (χ2n) is 6.75. The maximum absolute atomic E-state index is 12.2. The number of benzene rings is 2. The van der Waals surface area contributed by atoms with Gasteiger partial charge >= 0.3 is 0 Å². The van der Waals surface area contributed by atoms with Gasteiger partial charge in [-0.2, -0.15) is 0 Å². The van der Waals surface area contributed by atoms with Crippen molar-refractivity contribution in [2.45, 2.75) is 0 Å². The summed E-state index contributed by atoms with van der Waals surface area (Å²) in [4.78, 5) is 28.3. The van der Waals surface area contributed by atoms with E-state index in [9.17, 15) is 9.59 Å². The summed E-state index contributed by atoms with van der Waals surface area (Å²) in [7, 11) is 1.88. The predicted octanol–water partition coefficient (Wildman–Crippen LogP) is 2.03. The van der Waals surface area contributed by atoms with Gasteiger partial charge < -0.3 is 20.3 Å². The van der Waals surface area contributed by atoms with E-state index >= 15 is 0 Å². The Morgan fingerprint density at radius 2 is 1.50 bits per heavy atom. The molecule has 148 valence electrons. The van der Waals surface area contributed by atoms with E-state index in [4.69, 9.17) is 4.74 Å². The lowest BCUT2D eigenvalue weighted by Crippen LogP contribution is -2.41. The van der Waals surface area contributed by atoms with Gasteiger partial charge in [0.05, 0.1) is 26.3 Å². The Labute approximate surface area is 165 Å². The van der Waals surface area contributed by atoms with Crippen molar-refractivity contribution in [2.75, 3.05) is 62.0 Å². The van der Waals surface area contributed by atoms with E-state index in [-0.39, 0.29) is 18.4 Å². The number of para-hydroxylation sites is 1. The molecule has 1 heterocycles. The largest absolute Gasteiger partial charge is 0.379 e. The fourth-order valence-electron chi connectivity index (χ4n) is 2.99. The van der Waals surface area contributed by atoms with E-state index in [1.54, 1.807) is 24.3 Å². The van der Waals surface area contributed by atoms with E-state index in [1.807, 2.05) is 42.3 Å². The van der Waals surface area contributed by atoms with Crippen LogP contribution in [0.5, 0.6) is 0 Å². The van der Waals surface area contributed by atoms with Crippen molar-refractivity contribution < 1.29 is 14.3 Å². The molecule has 1 aliphatic rings. The molecule has 0 unspecified atom stereocenters. The summed E-state index contributed by atoms with van der Waals surface area (Å²) in [6.45, 7) is 3.49. The minimum Gasteiger partial charge on any atom is -0.379 e. The van der Waals surface area contributed by atoms with Gasteiger partial charge in [0.15, 0.2) is 0 Å². The van der Waals surface area contributed by atoms with Crippen LogP contribution in [0.1, 0.15) is 0 Å². The first-order valence-corrected chi connectivity index (χ1v) is 9.36. The second kappa shape index (κ2) is 9.87. The van der Waals surface area contributed by atoms with Crippen LogP contribution < -0.4 is 15.5 Å². The van der Waals surface area contributed by atoms with Crippen LogP contribution in [0.3, 0.4) is 0 Å². The Hall–Kier alpha value is -2.90. The SMILES string of the molecule is CN(CC(=O)Nc1ccc(NC(=O)CN2CCOCC2)cc1)c1ccccc1. The fraction of sp³-hybridized carbons (Fsp3) is 0.333. The molecule has 0 saturated carbocycles. The molecule has 2 aromatic rings. The number of rotatable bonds is 7. The molecule has 2 amide bonds. The lowest BCUT2D eigenvalue weighted by molar-refractivity contribution is -0.118. The molecule has 1 saturated heterocycles. The summed E-state index contributed by atoms with van der Waals surface area (Å²) >= 11 is 0. The number of amides is 2. The van der Waals surface area contributed by atoms with Gasteiger partial charge in [-0.15, -0.1) is 0 Å². The van der Waals surface area contributed by atoms with Crippen LogP contribution in [0, 0.1) is 0 Å². The van der Waals surface area contributed by atoms with Gasteiger partial charge in [0.25, 0.3) is 0 Å². The molecule has 3 rings (SSSR count). The highest BCUT2D eigenvalue weighted by Crippen LogP contribution is 2.15. The number of likely N-dealkylation sites (N-methyl/N-ethyl adjacent to an activating group) is 1. The number of nitrogens with zero attached hydrogens (tertiary/aromatic N) is 2. The van der Waals surface area contributed by atoms with Gasteiger partial charge in [-0.05, 0) is 36.4 Å². The van der Waals surface area contributed by atoms with Crippen molar-refractivity contribution in [3.05, 3.63) is 54.6 Å². The van der Waals surface area contributed by atoms with Crippen molar-refractivity contribution in [3.63, 3.8) is 0 Å². The predicted molar refractivity (Wildman–Crippen MR) is 111 cm³/mol. The lowest BCUT2D eigenvalue weighted by Gasteiger charge is -2.25. The van der Waals surface area contributed by atoms with Crippen molar-refractivity contribution in [2.24, 2.45) is 0 Å². The van der Waals surface area contributed by atoms with Crippen LogP contribution in [0.25, 0.3) is 0 Å². The lowest BCUT2D eigenvalue weighted by atomic mass is 10.2. The quantitative estimate of drug-likeness (QED) is 0.767. The summed E-state index contributed by atoms with van der Waals surface area (Å²) in [6.07, 6.45) is 0. The Bertz CT molecular complexity index is 774. The standard InChI is InChI=1S/C21H26N4O3/c1-24(19-5-3-2-4-6-19)15-20(26)22-17-7-9-18(10-8-17)23-21(27)16-25-11-13-28-14-12-25/h2-10H,11-16H2,1H3,(H,22,26)(H,23,27). The number of anilines is 3. The zero-order valence-corrected chi connectivity index (χ0v) is 16.1. The van der Waals surface area contributed by atoms with E-state index in [2.05, 4.69) is 15.5 Å². The van der Waals surface area contributed by atoms with Crippen molar-refractivity contribution >= 4 is 28.9 Å². The third-order valence-electron chi connectivity index (χ3n) is 4.50. The van der Waals surface area contributed by atoms with Crippen LogP contribution in [-0.4, -0.2) is 63.2 Å². The summed E-state index contributed by atoms with van der Waals surface area (Å²) in [5, 5.41) is 5.75. The first-order valence-electron chi connectivity index (χ1n) is 9.36. The molecule has 1 aliphatic heterocycles. The molecule has 0 atom stereocenters. The number of ether oxygens (including phenoxy) is 1. The van der Waals surface area contributed by atoms with E-state index in [0.29, 0.717) is 31.1 Å². The Morgan fingerprint density at radius 1 is 0.929 bits per heavy atom. The minimum absolute atomic E-state index is 0.0526. The molecule has 0 spiro atoms. The van der Waals surface area contributed by atoms with E-state index in [0.717, 1.165) is 18.8 Å². The average molecular weight is 382 g/mol. The van der Waals surface area contributed by atoms with Crippen LogP contribution in [0.4, 0.5) is 17.1 Å².